The molecule has 2 amide bonds. The molecule has 2 heterocycles. The summed E-state index contributed by atoms with van der Waals surface area (Å²) >= 11 is 6.35. The molecule has 4 aromatic carbocycles. The van der Waals surface area contributed by atoms with Crippen LogP contribution in [-0.2, 0) is 12.6 Å². The van der Waals surface area contributed by atoms with Crippen LogP contribution >= 0.6 is 11.6 Å². The van der Waals surface area contributed by atoms with Crippen LogP contribution in [0.3, 0.4) is 0 Å². The number of nitrogens with one attached hydrogen (secondary N) is 2. The minimum Gasteiger partial charge on any atom is -0.341 e. The van der Waals surface area contributed by atoms with Crippen LogP contribution in [0.5, 0.6) is 0 Å². The van der Waals surface area contributed by atoms with E-state index in [0.29, 0.717) is 36.3 Å². The van der Waals surface area contributed by atoms with Crippen molar-refractivity contribution in [2.75, 3.05) is 16.8 Å². The van der Waals surface area contributed by atoms with Crippen LogP contribution in [0.1, 0.15) is 54.6 Å². The lowest BCUT2D eigenvalue weighted by molar-refractivity contribution is -0.137. The Balaban J connectivity index is 1.49. The van der Waals surface area contributed by atoms with E-state index in [2.05, 4.69) is 16.7 Å². The number of fused-ring (bicyclic) bond motifs is 2. The number of rotatable bonds is 4. The molecule has 0 fully saturated rings. The molecule has 2 N–H and O–H groups in total. The number of hydrogen-bond acceptors (Lipinski definition) is 4. The van der Waals surface area contributed by atoms with Gasteiger partial charge in [-0.1, -0.05) is 11.6 Å². The molecule has 0 aliphatic carbocycles. The van der Waals surface area contributed by atoms with E-state index in [4.69, 9.17) is 11.6 Å². The summed E-state index contributed by atoms with van der Waals surface area (Å²) in [5.41, 5.74) is 1.20. The van der Waals surface area contributed by atoms with E-state index in [1.807, 2.05) is 4.90 Å². The number of halogens is 6. The summed E-state index contributed by atoms with van der Waals surface area (Å²) in [5.74, 6) is -3.50. The molecule has 12 heteroatoms. The normalized spacial score (nSPS) is 15.5. The standard InChI is InChI=1S/C31H18ClF5N4O2/c32-24-3-2-19(33)11-22(24)28-27-23(30(43)40-28)12-21(41-6-5-16-7-15(14-38)1-4-26(16)41)13-25(27)39-29(42)17-8-18(31(35,36)37)10-20(34)9-17/h1-4,7-13,28H,5-6H2,(H,39,42)(H,40,43). The molecule has 6 nitrogen and oxygen atoms in total. The lowest BCUT2D eigenvalue weighted by Gasteiger charge is -2.23. The Kier molecular flexibility index (Phi) is 6.81. The van der Waals surface area contributed by atoms with E-state index in [9.17, 15) is 36.8 Å². The molecule has 0 bridgehead atoms. The van der Waals surface area contributed by atoms with Gasteiger partial charge in [-0.05, 0) is 78.7 Å². The third kappa shape index (κ3) is 5.15. The van der Waals surface area contributed by atoms with Crippen molar-refractivity contribution in [2.24, 2.45) is 0 Å². The molecule has 2 aliphatic rings. The fourth-order valence-electron chi connectivity index (χ4n) is 5.46. The van der Waals surface area contributed by atoms with Crippen LogP contribution in [0.25, 0.3) is 0 Å². The molecule has 0 saturated heterocycles. The summed E-state index contributed by atoms with van der Waals surface area (Å²) in [6.07, 6.45) is -4.32. The third-order valence-corrected chi connectivity index (χ3v) is 7.74. The molecule has 0 aromatic heterocycles. The molecule has 6 rings (SSSR count). The second-order valence-electron chi connectivity index (χ2n) is 10.1. The van der Waals surface area contributed by atoms with Crippen molar-refractivity contribution in [3.63, 3.8) is 0 Å². The Morgan fingerprint density at radius 2 is 1.81 bits per heavy atom. The predicted molar refractivity (Wildman–Crippen MR) is 148 cm³/mol. The SMILES string of the molecule is N#Cc1ccc2c(c1)CCN2c1cc(NC(=O)c2cc(F)cc(C(F)(F)F)c2)c2c(c1)C(=O)NC2c1cc(F)ccc1Cl. The highest BCUT2D eigenvalue weighted by molar-refractivity contribution is 6.31. The van der Waals surface area contributed by atoms with Crippen LogP contribution in [0.4, 0.5) is 39.0 Å². The maximum absolute atomic E-state index is 14.2. The topological polar surface area (TPSA) is 85.2 Å². The molecule has 1 unspecified atom stereocenters. The van der Waals surface area contributed by atoms with E-state index in [0.717, 1.165) is 23.4 Å². The van der Waals surface area contributed by atoms with Crippen LogP contribution in [0.2, 0.25) is 5.02 Å². The van der Waals surface area contributed by atoms with Gasteiger partial charge in [-0.2, -0.15) is 18.4 Å². The Hall–Kier alpha value is -4.95. The summed E-state index contributed by atoms with van der Waals surface area (Å²) in [5, 5.41) is 14.7. The fraction of sp³-hybridized carbons (Fsp3) is 0.129. The van der Waals surface area contributed by atoms with Crippen molar-refractivity contribution < 1.29 is 31.5 Å². The van der Waals surface area contributed by atoms with Crippen molar-refractivity contribution in [1.29, 1.82) is 5.26 Å². The molecule has 0 saturated carbocycles. The molecular formula is C31H18ClF5N4O2. The monoisotopic (exact) mass is 608 g/mol. The van der Waals surface area contributed by atoms with E-state index in [-0.39, 0.29) is 33.5 Å². The van der Waals surface area contributed by atoms with Crippen LogP contribution in [0.15, 0.2) is 66.7 Å². The number of carbonyl (C=O) groups excluding carboxylic acids is 2. The van der Waals surface area contributed by atoms with E-state index < -0.39 is 46.8 Å². The van der Waals surface area contributed by atoms with Crippen molar-refractivity contribution in [3.8, 4) is 6.07 Å². The van der Waals surface area contributed by atoms with Gasteiger partial charge >= 0.3 is 6.18 Å². The number of alkyl halides is 3. The molecule has 216 valence electrons. The van der Waals surface area contributed by atoms with E-state index >= 15 is 0 Å². The van der Waals surface area contributed by atoms with Crippen molar-refractivity contribution in [2.45, 2.75) is 18.6 Å². The highest BCUT2D eigenvalue weighted by Crippen LogP contribution is 2.44. The summed E-state index contributed by atoms with van der Waals surface area (Å²) in [7, 11) is 0. The number of nitriles is 1. The van der Waals surface area contributed by atoms with Gasteiger partial charge in [0, 0.05) is 50.9 Å². The average Bonchev–Trinajstić information content (AvgIpc) is 3.54. The zero-order chi connectivity index (χ0) is 30.6. The first-order chi connectivity index (χ1) is 20.4. The first-order valence-electron chi connectivity index (χ1n) is 12.9. The van der Waals surface area contributed by atoms with Crippen LogP contribution in [-0.4, -0.2) is 18.4 Å². The number of amides is 2. The van der Waals surface area contributed by atoms with Gasteiger partial charge in [0.1, 0.15) is 11.6 Å². The van der Waals surface area contributed by atoms with E-state index in [1.165, 1.54) is 12.1 Å². The van der Waals surface area contributed by atoms with E-state index in [1.54, 1.807) is 24.3 Å². The van der Waals surface area contributed by atoms with Gasteiger partial charge in [0.2, 0.25) is 0 Å². The van der Waals surface area contributed by atoms with Gasteiger partial charge in [0.15, 0.2) is 0 Å². The van der Waals surface area contributed by atoms with Crippen molar-refractivity contribution in [3.05, 3.63) is 122 Å². The number of anilines is 3. The smallest absolute Gasteiger partial charge is 0.341 e. The van der Waals surface area contributed by atoms with Crippen LogP contribution < -0.4 is 15.5 Å². The Labute approximate surface area is 246 Å². The zero-order valence-electron chi connectivity index (χ0n) is 21.8. The molecule has 1 atom stereocenters. The van der Waals surface area contributed by atoms with Gasteiger partial charge < -0.3 is 15.5 Å². The summed E-state index contributed by atoms with van der Waals surface area (Å²) in [6.45, 7) is 0.468. The lowest BCUT2D eigenvalue weighted by Crippen LogP contribution is -2.21. The van der Waals surface area contributed by atoms with Gasteiger partial charge in [-0.25, -0.2) is 8.78 Å². The summed E-state index contributed by atoms with van der Waals surface area (Å²) in [4.78, 5) is 28.4. The quantitative estimate of drug-likeness (QED) is 0.238. The molecule has 0 spiro atoms. The van der Waals surface area contributed by atoms with Gasteiger partial charge in [-0.3, -0.25) is 9.59 Å². The summed E-state index contributed by atoms with van der Waals surface area (Å²) in [6, 6.07) is 14.4. The van der Waals surface area contributed by atoms with Gasteiger partial charge in [-0.15, -0.1) is 0 Å². The Morgan fingerprint density at radius 1 is 1.02 bits per heavy atom. The second-order valence-corrected chi connectivity index (χ2v) is 10.5. The average molecular weight is 609 g/mol. The van der Waals surface area contributed by atoms with Crippen molar-refractivity contribution in [1.82, 2.24) is 5.32 Å². The number of hydrogen-bond donors (Lipinski definition) is 2. The lowest BCUT2D eigenvalue weighted by atomic mass is 9.95. The van der Waals surface area contributed by atoms with Gasteiger partial charge in [0.05, 0.1) is 23.2 Å². The molecule has 0 radical (unpaired) electrons. The van der Waals surface area contributed by atoms with Crippen LogP contribution in [0, 0.1) is 23.0 Å². The Bertz CT molecular complexity index is 1890. The number of carbonyl (C=O) groups is 2. The number of nitrogens with zero attached hydrogens (tertiary/aromatic N) is 2. The minimum absolute atomic E-state index is 0.0288. The van der Waals surface area contributed by atoms with Crippen molar-refractivity contribution >= 4 is 40.5 Å². The molecule has 4 aromatic rings. The Morgan fingerprint density at radius 3 is 2.56 bits per heavy atom. The van der Waals surface area contributed by atoms with Gasteiger partial charge in [0.25, 0.3) is 11.8 Å². The zero-order valence-corrected chi connectivity index (χ0v) is 22.6. The maximum atomic E-state index is 14.2. The largest absolute Gasteiger partial charge is 0.416 e. The predicted octanol–water partition coefficient (Wildman–Crippen LogP) is 7.29. The number of benzene rings is 4. The fourth-order valence-corrected chi connectivity index (χ4v) is 5.69. The molecular weight excluding hydrogens is 591 g/mol. The first-order valence-corrected chi connectivity index (χ1v) is 13.2. The second kappa shape index (κ2) is 10.4. The molecule has 2 aliphatic heterocycles. The summed E-state index contributed by atoms with van der Waals surface area (Å²) < 4.78 is 68.5. The first kappa shape index (κ1) is 28.2. The maximum Gasteiger partial charge on any atom is 0.416 e. The molecule has 43 heavy (non-hydrogen) atoms. The third-order valence-electron chi connectivity index (χ3n) is 7.39. The highest BCUT2D eigenvalue weighted by Gasteiger charge is 2.37. The highest BCUT2D eigenvalue weighted by atomic mass is 35.5. The minimum atomic E-state index is -4.90.